The highest BCUT2D eigenvalue weighted by molar-refractivity contribution is 7.92. The van der Waals surface area contributed by atoms with E-state index in [1.165, 1.54) is 12.1 Å². The van der Waals surface area contributed by atoms with Gasteiger partial charge in [0, 0.05) is 37.0 Å². The molecule has 230 valence electrons. The summed E-state index contributed by atoms with van der Waals surface area (Å²) in [5.41, 5.74) is 1.57. The summed E-state index contributed by atoms with van der Waals surface area (Å²) in [6.45, 7) is 3.44. The number of amides is 2. The fourth-order valence-corrected chi connectivity index (χ4v) is 7.03. The van der Waals surface area contributed by atoms with Gasteiger partial charge in [-0.2, -0.15) is 0 Å². The second kappa shape index (κ2) is 12.8. The number of aliphatic hydroxyl groups is 2. The zero-order valence-electron chi connectivity index (χ0n) is 23.7. The number of nitrogens with one attached hydrogen (secondary N) is 3. The number of hydrogen-bond acceptors (Lipinski definition) is 10. The van der Waals surface area contributed by atoms with Gasteiger partial charge >= 0.3 is 6.03 Å². The zero-order valence-corrected chi connectivity index (χ0v) is 24.5. The Balaban J connectivity index is 1.52. The fourth-order valence-electron chi connectivity index (χ4n) is 5.06. The number of rotatable bonds is 11. The molecule has 0 spiro atoms. The van der Waals surface area contributed by atoms with Gasteiger partial charge in [0.2, 0.25) is 0 Å². The molecule has 12 nitrogen and oxygen atoms in total. The third-order valence-electron chi connectivity index (χ3n) is 7.54. The second-order valence-electron chi connectivity index (χ2n) is 10.5. The lowest BCUT2D eigenvalue weighted by molar-refractivity contribution is 0.0985. The number of carbonyl (C=O) groups is 1. The Morgan fingerprint density at radius 3 is 2.49 bits per heavy atom. The molecular formula is C29H35FN6O6S. The number of nitrogens with zero attached hydrogens (tertiary/aromatic N) is 3. The maximum atomic E-state index is 14.8. The number of hydrogen-bond donors (Lipinski definition) is 5. The molecule has 3 aromatic rings. The van der Waals surface area contributed by atoms with Crippen molar-refractivity contribution < 1.29 is 32.6 Å². The van der Waals surface area contributed by atoms with E-state index in [0.29, 0.717) is 61.2 Å². The number of benzene rings is 2. The quantitative estimate of drug-likeness (QED) is 0.217. The number of urea groups is 1. The van der Waals surface area contributed by atoms with E-state index in [0.717, 1.165) is 6.07 Å². The fraction of sp³-hybridized carbons (Fsp3) is 0.414. The van der Waals surface area contributed by atoms with Gasteiger partial charge < -0.3 is 35.8 Å². The number of anilines is 3. The average Bonchev–Trinajstić information content (AvgIpc) is 3.83. The highest BCUT2D eigenvalue weighted by atomic mass is 32.2. The molecule has 2 aromatic carbocycles. The number of sulfone groups is 1. The van der Waals surface area contributed by atoms with Crippen LogP contribution in [0.1, 0.15) is 25.5 Å². The minimum absolute atomic E-state index is 0.00631. The smallest absolute Gasteiger partial charge is 0.319 e. The van der Waals surface area contributed by atoms with Gasteiger partial charge in [-0.3, -0.25) is 0 Å². The Morgan fingerprint density at radius 2 is 1.84 bits per heavy atom. The van der Waals surface area contributed by atoms with Crippen molar-refractivity contribution in [2.45, 2.75) is 35.4 Å². The molecule has 1 saturated heterocycles. The average molecular weight is 615 g/mol. The molecule has 1 aromatic heterocycles. The predicted octanol–water partition coefficient (Wildman–Crippen LogP) is 2.49. The summed E-state index contributed by atoms with van der Waals surface area (Å²) in [4.78, 5) is 23.4. The van der Waals surface area contributed by atoms with Crippen molar-refractivity contribution in [2.24, 2.45) is 0 Å². The molecule has 2 aliphatic rings. The highest BCUT2D eigenvalue weighted by Crippen LogP contribution is 2.55. The number of ether oxygens (including phenoxy) is 1. The molecule has 1 aliphatic carbocycles. The van der Waals surface area contributed by atoms with Gasteiger partial charge in [-0.1, -0.05) is 0 Å². The predicted molar refractivity (Wildman–Crippen MR) is 159 cm³/mol. The molecule has 2 amide bonds. The van der Waals surface area contributed by atoms with Crippen molar-refractivity contribution in [3.05, 3.63) is 60.0 Å². The van der Waals surface area contributed by atoms with E-state index >= 15 is 0 Å². The summed E-state index contributed by atoms with van der Waals surface area (Å²) < 4.78 is 47.2. The summed E-state index contributed by atoms with van der Waals surface area (Å²) in [6, 6.07) is 11.8. The van der Waals surface area contributed by atoms with Gasteiger partial charge in [0.05, 0.1) is 48.7 Å². The van der Waals surface area contributed by atoms with E-state index in [1.54, 1.807) is 30.3 Å². The lowest BCUT2D eigenvalue weighted by atomic mass is 10.1. The summed E-state index contributed by atoms with van der Waals surface area (Å²) >= 11 is 0. The van der Waals surface area contributed by atoms with Crippen LogP contribution < -0.4 is 20.9 Å². The minimum atomic E-state index is -4.05. The summed E-state index contributed by atoms with van der Waals surface area (Å²) in [7, 11) is -4.05. The molecule has 1 aliphatic heterocycles. The van der Waals surface area contributed by atoms with Crippen LogP contribution in [0.15, 0.2) is 53.4 Å². The molecule has 1 atom stereocenters. The highest BCUT2D eigenvalue weighted by Gasteiger charge is 2.58. The van der Waals surface area contributed by atoms with Crippen LogP contribution in [-0.4, -0.2) is 86.7 Å². The summed E-state index contributed by atoms with van der Waals surface area (Å²) in [5, 5.41) is 25.8. The first-order valence-corrected chi connectivity index (χ1v) is 15.6. The first-order chi connectivity index (χ1) is 20.7. The molecule has 2 fully saturated rings. The first-order valence-electron chi connectivity index (χ1n) is 14.1. The number of carbonyl (C=O) groups excluding carboxylic acids is 1. The molecule has 14 heteroatoms. The van der Waals surface area contributed by atoms with Gasteiger partial charge in [-0.25, -0.2) is 27.6 Å². The van der Waals surface area contributed by atoms with Crippen LogP contribution in [-0.2, 0) is 19.3 Å². The van der Waals surface area contributed by atoms with Crippen LogP contribution in [0.2, 0.25) is 0 Å². The monoisotopic (exact) mass is 614 g/mol. The maximum absolute atomic E-state index is 14.8. The van der Waals surface area contributed by atoms with Crippen molar-refractivity contribution in [1.82, 2.24) is 15.3 Å². The van der Waals surface area contributed by atoms with Gasteiger partial charge in [-0.05, 0) is 62.2 Å². The molecular weight excluding hydrogens is 579 g/mol. The van der Waals surface area contributed by atoms with Crippen LogP contribution in [0, 0.1) is 5.82 Å². The normalized spacial score (nSPS) is 17.8. The molecule has 0 radical (unpaired) electrons. The van der Waals surface area contributed by atoms with E-state index in [4.69, 9.17) is 24.9 Å². The van der Waals surface area contributed by atoms with Crippen LogP contribution in [0.5, 0.6) is 0 Å². The first kappa shape index (κ1) is 30.6. The maximum Gasteiger partial charge on any atom is 0.319 e. The van der Waals surface area contributed by atoms with Crippen LogP contribution in [0.25, 0.3) is 11.4 Å². The molecule has 0 unspecified atom stereocenters. The standard InChI is InChI=1S/C29H35FN6O6S/c1-19-18-42-15-12-36(19)26-17-25(34-27(35-26)20-2-4-21(5-3-20)33-28(39)32-11-14-38)29(8-9-29)43(40,41)22-6-7-24(23(30)16-22)31-10-13-37/h2-7,16-17,19,31,37-38H,8-15,18H2,1H3,(H2,32,33,39)/t19-/m0/s1. The van der Waals surface area contributed by atoms with Crippen molar-refractivity contribution in [3.8, 4) is 11.4 Å². The lowest BCUT2D eigenvalue weighted by Gasteiger charge is -2.34. The van der Waals surface area contributed by atoms with Crippen molar-refractivity contribution >= 4 is 33.1 Å². The minimum Gasteiger partial charge on any atom is -0.395 e. The SMILES string of the molecule is C[C@H]1COCCN1c1cc(C2(S(=O)(=O)c3ccc(NCCO)c(F)c3)CC2)nc(-c2ccc(NC(=O)NCCO)cc2)n1. The van der Waals surface area contributed by atoms with E-state index in [-0.39, 0.29) is 42.9 Å². The van der Waals surface area contributed by atoms with E-state index in [1.807, 2.05) is 6.92 Å². The lowest BCUT2D eigenvalue weighted by Crippen LogP contribution is -2.44. The largest absolute Gasteiger partial charge is 0.395 e. The van der Waals surface area contributed by atoms with Crippen LogP contribution in [0.4, 0.5) is 26.4 Å². The van der Waals surface area contributed by atoms with E-state index in [2.05, 4.69) is 20.9 Å². The Hall–Kier alpha value is -3.85. The van der Waals surface area contributed by atoms with Crippen LogP contribution in [0.3, 0.4) is 0 Å². The Kier molecular flexibility index (Phi) is 9.11. The van der Waals surface area contributed by atoms with E-state index in [9.17, 15) is 17.6 Å². The van der Waals surface area contributed by atoms with Gasteiger partial charge in [-0.15, -0.1) is 0 Å². The Labute approximate surface area is 249 Å². The van der Waals surface area contributed by atoms with Crippen molar-refractivity contribution in [2.75, 3.05) is 61.6 Å². The number of morpholine rings is 1. The van der Waals surface area contributed by atoms with E-state index < -0.39 is 26.4 Å². The Bertz CT molecular complexity index is 1570. The number of aliphatic hydroxyl groups excluding tert-OH is 2. The summed E-state index contributed by atoms with van der Waals surface area (Å²) in [5.74, 6) is 0.159. The van der Waals surface area contributed by atoms with Crippen molar-refractivity contribution in [3.63, 3.8) is 0 Å². The third kappa shape index (κ3) is 6.42. The topological polar surface area (TPSA) is 166 Å². The zero-order chi connectivity index (χ0) is 30.6. The second-order valence-corrected chi connectivity index (χ2v) is 12.8. The molecule has 2 heterocycles. The summed E-state index contributed by atoms with van der Waals surface area (Å²) in [6.07, 6.45) is 0.643. The Morgan fingerprint density at radius 1 is 1.09 bits per heavy atom. The van der Waals surface area contributed by atoms with Crippen molar-refractivity contribution in [1.29, 1.82) is 0 Å². The van der Waals surface area contributed by atoms with Gasteiger partial charge in [0.1, 0.15) is 16.4 Å². The molecule has 1 saturated carbocycles. The molecule has 5 N–H and O–H groups in total. The van der Waals surface area contributed by atoms with Gasteiger partial charge in [0.15, 0.2) is 15.7 Å². The van der Waals surface area contributed by atoms with Crippen LogP contribution >= 0.6 is 0 Å². The third-order valence-corrected chi connectivity index (χ3v) is 10.1. The number of aromatic nitrogens is 2. The number of halogens is 1. The molecule has 43 heavy (non-hydrogen) atoms. The van der Waals surface area contributed by atoms with Gasteiger partial charge in [0.25, 0.3) is 0 Å². The molecule has 5 rings (SSSR count). The molecule has 0 bridgehead atoms.